The van der Waals surface area contributed by atoms with E-state index in [2.05, 4.69) is 257 Å². The molecule has 0 saturated heterocycles. The lowest BCUT2D eigenvalue weighted by Gasteiger charge is -2.45. The SMILES string of the molecule is CC(C)(C)c1ccc(N2c3ccc(-c4ccccc4)cc3B3c4ccc(C(C)(C)C)cc4N(c4ccc(-c5cccc6c5oc5c(C(C)(C)C)cccc56)cc4)c4cc(C(C)(C)C)cc2c43)cc1. The minimum Gasteiger partial charge on any atom is -0.455 e. The Kier molecular flexibility index (Phi) is 9.90. The molecule has 4 heteroatoms. The molecule has 9 aromatic rings. The molecule has 0 spiro atoms. The molecule has 0 radical (unpaired) electrons. The molecule has 2 aliphatic heterocycles. The molecule has 0 aliphatic carbocycles. The summed E-state index contributed by atoms with van der Waals surface area (Å²) in [5.41, 5.74) is 22.7. The standard InChI is InChI=1S/C64H63BN2O/c1-61(2,3)43-27-32-47(33-28-43)66-54-35-26-42(40-18-14-13-15-19-40)36-53(54)65-52-34-29-44(62(4,5)6)37-55(52)67(57-39-45(63(7,8)9)38-56(66)58(57)65)46-30-24-41(25-31-46)48-20-16-21-49-50-22-17-23-51(64(10,11)12)60(50)68-59(48)49/h13-39H,1-12H3. The van der Waals surface area contributed by atoms with Crippen LogP contribution in [0.4, 0.5) is 34.1 Å². The van der Waals surface area contributed by atoms with E-state index in [1.54, 1.807) is 0 Å². The summed E-state index contributed by atoms with van der Waals surface area (Å²) in [6.07, 6.45) is 0. The summed E-state index contributed by atoms with van der Waals surface area (Å²) in [7, 11) is 0. The Morgan fingerprint density at radius 1 is 0.368 bits per heavy atom. The number of fused-ring (bicyclic) bond motifs is 7. The molecule has 0 saturated carbocycles. The fourth-order valence-electron chi connectivity index (χ4n) is 10.8. The van der Waals surface area contributed by atoms with Crippen LogP contribution in [-0.2, 0) is 21.7 Å². The average molecular weight is 887 g/mol. The maximum absolute atomic E-state index is 6.89. The van der Waals surface area contributed by atoms with Crippen molar-refractivity contribution in [2.24, 2.45) is 0 Å². The van der Waals surface area contributed by atoms with Crippen LogP contribution in [0.15, 0.2) is 168 Å². The molecule has 0 atom stereocenters. The van der Waals surface area contributed by atoms with E-state index in [0.29, 0.717) is 0 Å². The van der Waals surface area contributed by atoms with Gasteiger partial charge in [0.15, 0.2) is 0 Å². The van der Waals surface area contributed by atoms with E-state index < -0.39 is 0 Å². The summed E-state index contributed by atoms with van der Waals surface area (Å²) in [4.78, 5) is 5.12. The number of hydrogen-bond donors (Lipinski definition) is 0. The van der Waals surface area contributed by atoms with Crippen molar-refractivity contribution >= 4 is 79.2 Å². The zero-order valence-electron chi connectivity index (χ0n) is 42.0. The number of furan rings is 1. The monoisotopic (exact) mass is 887 g/mol. The molecule has 0 fully saturated rings. The fourth-order valence-corrected chi connectivity index (χ4v) is 10.8. The molecule has 68 heavy (non-hydrogen) atoms. The zero-order chi connectivity index (χ0) is 47.7. The molecule has 8 aromatic carbocycles. The molecule has 338 valence electrons. The van der Waals surface area contributed by atoms with Crippen molar-refractivity contribution < 1.29 is 4.42 Å². The maximum atomic E-state index is 6.89. The fraction of sp³-hybridized carbons (Fsp3) is 0.250. The number of benzene rings is 8. The minimum absolute atomic E-state index is 0.000924. The predicted octanol–water partition coefficient (Wildman–Crippen LogP) is 16.2. The van der Waals surface area contributed by atoms with Gasteiger partial charge in [0.1, 0.15) is 11.2 Å². The van der Waals surface area contributed by atoms with Gasteiger partial charge in [-0.25, -0.2) is 0 Å². The van der Waals surface area contributed by atoms with E-state index >= 15 is 0 Å². The Morgan fingerprint density at radius 3 is 1.53 bits per heavy atom. The van der Waals surface area contributed by atoms with Crippen LogP contribution < -0.4 is 26.2 Å². The topological polar surface area (TPSA) is 19.6 Å². The lowest BCUT2D eigenvalue weighted by atomic mass is 9.33. The molecule has 0 bridgehead atoms. The van der Waals surface area contributed by atoms with Crippen molar-refractivity contribution in [3.63, 3.8) is 0 Å². The highest BCUT2D eigenvalue weighted by atomic mass is 16.3. The van der Waals surface area contributed by atoms with E-state index in [0.717, 1.165) is 39.1 Å². The molecule has 3 nitrogen and oxygen atoms in total. The van der Waals surface area contributed by atoms with E-state index in [4.69, 9.17) is 4.42 Å². The lowest BCUT2D eigenvalue weighted by Crippen LogP contribution is -2.61. The summed E-state index contributed by atoms with van der Waals surface area (Å²) in [5.74, 6) is 0. The van der Waals surface area contributed by atoms with Crippen LogP contribution >= 0.6 is 0 Å². The van der Waals surface area contributed by atoms with Crippen LogP contribution in [0.5, 0.6) is 0 Å². The number of anilines is 6. The van der Waals surface area contributed by atoms with E-state index in [-0.39, 0.29) is 28.4 Å². The highest BCUT2D eigenvalue weighted by molar-refractivity contribution is 7.00. The number of para-hydroxylation sites is 2. The van der Waals surface area contributed by atoms with Gasteiger partial charge < -0.3 is 14.2 Å². The van der Waals surface area contributed by atoms with Gasteiger partial charge in [0.25, 0.3) is 6.71 Å². The van der Waals surface area contributed by atoms with Crippen LogP contribution in [0.3, 0.4) is 0 Å². The molecular formula is C64H63BN2O. The molecule has 1 aromatic heterocycles. The van der Waals surface area contributed by atoms with Crippen LogP contribution in [0, 0.1) is 0 Å². The first-order valence-electron chi connectivity index (χ1n) is 24.5. The van der Waals surface area contributed by atoms with Gasteiger partial charge in [0.05, 0.1) is 0 Å². The third kappa shape index (κ3) is 7.18. The average Bonchev–Trinajstić information content (AvgIpc) is 3.69. The maximum Gasteiger partial charge on any atom is 0.252 e. The molecular weight excluding hydrogens is 824 g/mol. The van der Waals surface area contributed by atoms with E-state index in [1.165, 1.54) is 77.9 Å². The van der Waals surface area contributed by atoms with Crippen molar-refractivity contribution in [1.29, 1.82) is 0 Å². The van der Waals surface area contributed by atoms with Gasteiger partial charge in [-0.1, -0.05) is 198 Å². The Balaban J connectivity index is 1.16. The van der Waals surface area contributed by atoms with Crippen molar-refractivity contribution in [2.75, 3.05) is 9.80 Å². The molecule has 2 aliphatic rings. The summed E-state index contributed by atoms with van der Waals surface area (Å²) >= 11 is 0. The van der Waals surface area contributed by atoms with Crippen molar-refractivity contribution in [3.8, 4) is 22.3 Å². The number of hydrogen-bond acceptors (Lipinski definition) is 3. The van der Waals surface area contributed by atoms with Crippen molar-refractivity contribution in [1.82, 2.24) is 0 Å². The Labute approximate surface area is 404 Å². The van der Waals surface area contributed by atoms with Gasteiger partial charge >= 0.3 is 0 Å². The lowest BCUT2D eigenvalue weighted by molar-refractivity contribution is 0.573. The van der Waals surface area contributed by atoms with Gasteiger partial charge in [-0.3, -0.25) is 0 Å². The predicted molar refractivity (Wildman–Crippen MR) is 293 cm³/mol. The number of rotatable bonds is 4. The molecule has 3 heterocycles. The second kappa shape index (κ2) is 15.4. The third-order valence-electron chi connectivity index (χ3n) is 14.7. The highest BCUT2D eigenvalue weighted by Gasteiger charge is 2.44. The third-order valence-corrected chi connectivity index (χ3v) is 14.7. The van der Waals surface area contributed by atoms with Crippen molar-refractivity contribution in [2.45, 2.75) is 105 Å². The Morgan fingerprint density at radius 2 is 0.912 bits per heavy atom. The second-order valence-corrected chi connectivity index (χ2v) is 23.5. The summed E-state index contributed by atoms with van der Waals surface area (Å²) in [5, 5.41) is 2.32. The van der Waals surface area contributed by atoms with Crippen molar-refractivity contribution in [3.05, 3.63) is 186 Å². The Bertz CT molecular complexity index is 3420. The van der Waals surface area contributed by atoms with E-state index in [9.17, 15) is 0 Å². The van der Waals surface area contributed by atoms with Gasteiger partial charge in [-0.15, -0.1) is 0 Å². The minimum atomic E-state index is -0.124. The summed E-state index contributed by atoms with van der Waals surface area (Å²) < 4.78 is 6.89. The molecule has 0 N–H and O–H groups in total. The van der Waals surface area contributed by atoms with Crippen LogP contribution in [0.25, 0.3) is 44.2 Å². The normalized spacial score (nSPS) is 13.8. The quantitative estimate of drug-likeness (QED) is 0.164. The zero-order valence-corrected chi connectivity index (χ0v) is 42.0. The highest BCUT2D eigenvalue weighted by Crippen LogP contribution is 2.48. The van der Waals surface area contributed by atoms with Crippen LogP contribution in [-0.4, -0.2) is 6.71 Å². The van der Waals surface area contributed by atoms with E-state index in [1.807, 2.05) is 0 Å². The van der Waals surface area contributed by atoms with Gasteiger partial charge in [-0.2, -0.15) is 0 Å². The largest absolute Gasteiger partial charge is 0.455 e. The first-order valence-corrected chi connectivity index (χ1v) is 24.5. The van der Waals surface area contributed by atoms with Crippen LogP contribution in [0.2, 0.25) is 0 Å². The Hall–Kier alpha value is -6.78. The summed E-state index contributed by atoms with van der Waals surface area (Å²) in [6.45, 7) is 27.7. The van der Waals surface area contributed by atoms with Gasteiger partial charge in [0.2, 0.25) is 0 Å². The summed E-state index contributed by atoms with van der Waals surface area (Å²) in [6, 6.07) is 62.1. The van der Waals surface area contributed by atoms with Gasteiger partial charge in [-0.05, 0) is 120 Å². The first kappa shape index (κ1) is 43.8. The number of nitrogens with zero attached hydrogens (tertiary/aromatic N) is 2. The van der Waals surface area contributed by atoms with Crippen LogP contribution in [0.1, 0.15) is 105 Å². The van der Waals surface area contributed by atoms with Gasteiger partial charge in [0, 0.05) is 56.0 Å². The molecule has 0 amide bonds. The smallest absolute Gasteiger partial charge is 0.252 e. The molecule has 0 unspecified atom stereocenters. The second-order valence-electron chi connectivity index (χ2n) is 23.5. The molecule has 11 rings (SSSR count). The first-order chi connectivity index (χ1) is 32.3.